The van der Waals surface area contributed by atoms with Crippen LogP contribution in [0, 0.1) is 0 Å². The fourth-order valence-corrected chi connectivity index (χ4v) is 2.78. The number of hydrogen-bond acceptors (Lipinski definition) is 3. The largest absolute Gasteiger partial charge is 0.393 e. The lowest BCUT2D eigenvalue weighted by molar-refractivity contribution is -0.324. The Morgan fingerprint density at radius 3 is 2.87 bits per heavy atom. The topological polar surface area (TPSA) is 38.7 Å². The molecule has 15 heavy (non-hydrogen) atoms. The second-order valence-electron chi connectivity index (χ2n) is 4.97. The zero-order valence-electron chi connectivity index (χ0n) is 9.74. The smallest absolute Gasteiger partial charge is 0.171 e. The Labute approximate surface area is 91.8 Å². The summed E-state index contributed by atoms with van der Waals surface area (Å²) in [6.07, 6.45) is 5.72. The predicted molar refractivity (Wildman–Crippen MR) is 57.5 cm³/mol. The molecule has 0 aromatic carbocycles. The molecule has 0 radical (unpaired) electrons. The maximum absolute atomic E-state index is 9.85. The minimum atomic E-state index is -0.476. The van der Waals surface area contributed by atoms with E-state index in [1.807, 2.05) is 0 Å². The third-order valence-corrected chi connectivity index (χ3v) is 3.50. The van der Waals surface area contributed by atoms with Crippen molar-refractivity contribution in [3.63, 3.8) is 0 Å². The third kappa shape index (κ3) is 2.52. The van der Waals surface area contributed by atoms with E-state index >= 15 is 0 Å². The fourth-order valence-electron chi connectivity index (χ4n) is 2.78. The molecule has 0 bridgehead atoms. The highest BCUT2D eigenvalue weighted by Gasteiger charge is 2.44. The van der Waals surface area contributed by atoms with Crippen LogP contribution >= 0.6 is 0 Å². The van der Waals surface area contributed by atoms with Gasteiger partial charge in [-0.15, -0.1) is 0 Å². The maximum atomic E-state index is 9.85. The standard InChI is InChI=1S/C12H22O3/c1-3-11-7-10(13)8-12(15-11)6-4-5-9(2)14-12/h9-11,13H,3-8H2,1-2H3. The summed E-state index contributed by atoms with van der Waals surface area (Å²) in [5.41, 5.74) is 0. The van der Waals surface area contributed by atoms with E-state index in [1.165, 1.54) is 0 Å². The van der Waals surface area contributed by atoms with Crippen LogP contribution in [-0.4, -0.2) is 29.2 Å². The Bertz CT molecular complexity index is 215. The monoisotopic (exact) mass is 214 g/mol. The average Bonchev–Trinajstić information content (AvgIpc) is 2.15. The third-order valence-electron chi connectivity index (χ3n) is 3.50. The van der Waals surface area contributed by atoms with E-state index in [9.17, 15) is 5.11 Å². The molecule has 2 aliphatic rings. The molecule has 1 spiro atoms. The molecule has 0 saturated carbocycles. The molecular weight excluding hydrogens is 192 g/mol. The Kier molecular flexibility index (Phi) is 3.33. The van der Waals surface area contributed by atoms with Crippen LogP contribution in [0.2, 0.25) is 0 Å². The van der Waals surface area contributed by atoms with Crippen molar-refractivity contribution in [1.82, 2.24) is 0 Å². The van der Waals surface area contributed by atoms with Gasteiger partial charge in [0, 0.05) is 12.8 Å². The molecule has 2 aliphatic heterocycles. The lowest BCUT2D eigenvalue weighted by Crippen LogP contribution is -2.51. The summed E-state index contributed by atoms with van der Waals surface area (Å²) >= 11 is 0. The van der Waals surface area contributed by atoms with Crippen LogP contribution in [0.5, 0.6) is 0 Å². The second-order valence-corrected chi connectivity index (χ2v) is 4.97. The normalized spacial score (nSPS) is 47.0. The zero-order valence-corrected chi connectivity index (χ0v) is 9.74. The first-order valence-corrected chi connectivity index (χ1v) is 6.17. The Hall–Kier alpha value is -0.120. The molecule has 0 amide bonds. The van der Waals surface area contributed by atoms with Crippen molar-refractivity contribution in [2.75, 3.05) is 0 Å². The first kappa shape index (κ1) is 11.4. The van der Waals surface area contributed by atoms with Gasteiger partial charge in [-0.1, -0.05) is 6.92 Å². The van der Waals surface area contributed by atoms with Gasteiger partial charge >= 0.3 is 0 Å². The SMILES string of the molecule is CCC1CC(O)CC2(CCCC(C)O2)O1. The van der Waals surface area contributed by atoms with E-state index < -0.39 is 5.79 Å². The molecule has 0 aromatic rings. The summed E-state index contributed by atoms with van der Waals surface area (Å²) < 4.78 is 12.0. The lowest BCUT2D eigenvalue weighted by Gasteiger charge is -2.46. The first-order chi connectivity index (χ1) is 7.13. The molecule has 2 saturated heterocycles. The van der Waals surface area contributed by atoms with E-state index in [-0.39, 0.29) is 18.3 Å². The molecule has 0 aromatic heterocycles. The van der Waals surface area contributed by atoms with Gasteiger partial charge in [0.2, 0.25) is 0 Å². The summed E-state index contributed by atoms with van der Waals surface area (Å²) in [5.74, 6) is -0.476. The molecule has 3 heteroatoms. The van der Waals surface area contributed by atoms with Crippen molar-refractivity contribution in [2.24, 2.45) is 0 Å². The van der Waals surface area contributed by atoms with Crippen LogP contribution in [-0.2, 0) is 9.47 Å². The highest BCUT2D eigenvalue weighted by molar-refractivity contribution is 4.86. The van der Waals surface area contributed by atoms with Gasteiger partial charge in [0.1, 0.15) is 0 Å². The van der Waals surface area contributed by atoms with E-state index in [0.29, 0.717) is 6.42 Å². The van der Waals surface area contributed by atoms with Crippen molar-refractivity contribution in [2.45, 2.75) is 76.5 Å². The number of rotatable bonds is 1. The Balaban J connectivity index is 2.05. The summed E-state index contributed by atoms with van der Waals surface area (Å²) in [7, 11) is 0. The van der Waals surface area contributed by atoms with Gasteiger partial charge in [-0.2, -0.15) is 0 Å². The molecule has 88 valence electrons. The summed E-state index contributed by atoms with van der Waals surface area (Å²) in [5, 5.41) is 9.85. The predicted octanol–water partition coefficient (Wildman–Crippen LogP) is 2.22. The molecule has 2 rings (SSSR count). The van der Waals surface area contributed by atoms with Gasteiger partial charge in [0.25, 0.3) is 0 Å². The van der Waals surface area contributed by atoms with Gasteiger partial charge < -0.3 is 14.6 Å². The van der Waals surface area contributed by atoms with Crippen LogP contribution < -0.4 is 0 Å². The highest BCUT2D eigenvalue weighted by atomic mass is 16.7. The van der Waals surface area contributed by atoms with Crippen molar-refractivity contribution in [1.29, 1.82) is 0 Å². The molecule has 4 unspecified atom stereocenters. The fraction of sp³-hybridized carbons (Fsp3) is 1.00. The van der Waals surface area contributed by atoms with Gasteiger partial charge in [-0.25, -0.2) is 0 Å². The molecule has 3 nitrogen and oxygen atoms in total. The van der Waals surface area contributed by atoms with Crippen LogP contribution in [0.15, 0.2) is 0 Å². The van der Waals surface area contributed by atoms with Crippen LogP contribution in [0.1, 0.15) is 52.4 Å². The van der Waals surface area contributed by atoms with E-state index in [2.05, 4.69) is 13.8 Å². The minimum absolute atomic E-state index is 0.166. The highest BCUT2D eigenvalue weighted by Crippen LogP contribution is 2.39. The lowest BCUT2D eigenvalue weighted by atomic mass is 9.91. The maximum Gasteiger partial charge on any atom is 0.171 e. The number of aliphatic hydroxyl groups is 1. The van der Waals surface area contributed by atoms with Crippen LogP contribution in [0.4, 0.5) is 0 Å². The van der Waals surface area contributed by atoms with E-state index in [0.717, 1.165) is 32.1 Å². The van der Waals surface area contributed by atoms with Crippen molar-refractivity contribution >= 4 is 0 Å². The van der Waals surface area contributed by atoms with Crippen LogP contribution in [0.25, 0.3) is 0 Å². The van der Waals surface area contributed by atoms with Crippen molar-refractivity contribution < 1.29 is 14.6 Å². The summed E-state index contributed by atoms with van der Waals surface area (Å²) in [4.78, 5) is 0. The summed E-state index contributed by atoms with van der Waals surface area (Å²) in [6, 6.07) is 0. The number of aliphatic hydroxyl groups excluding tert-OH is 1. The molecule has 0 aliphatic carbocycles. The Morgan fingerprint density at radius 2 is 2.20 bits per heavy atom. The minimum Gasteiger partial charge on any atom is -0.393 e. The first-order valence-electron chi connectivity index (χ1n) is 6.17. The van der Waals surface area contributed by atoms with Gasteiger partial charge in [0.15, 0.2) is 5.79 Å². The van der Waals surface area contributed by atoms with Gasteiger partial charge in [-0.3, -0.25) is 0 Å². The quantitative estimate of drug-likeness (QED) is 0.727. The average molecular weight is 214 g/mol. The zero-order chi connectivity index (χ0) is 10.9. The van der Waals surface area contributed by atoms with Crippen LogP contribution in [0.3, 0.4) is 0 Å². The van der Waals surface area contributed by atoms with Crippen molar-refractivity contribution in [3.8, 4) is 0 Å². The molecule has 1 N–H and O–H groups in total. The molecule has 4 atom stereocenters. The molecule has 2 fully saturated rings. The van der Waals surface area contributed by atoms with Crippen molar-refractivity contribution in [3.05, 3.63) is 0 Å². The molecule has 2 heterocycles. The molecular formula is C12H22O3. The van der Waals surface area contributed by atoms with E-state index in [4.69, 9.17) is 9.47 Å². The number of hydrogen-bond donors (Lipinski definition) is 1. The van der Waals surface area contributed by atoms with Gasteiger partial charge in [0.05, 0.1) is 18.3 Å². The van der Waals surface area contributed by atoms with E-state index in [1.54, 1.807) is 0 Å². The van der Waals surface area contributed by atoms with Gasteiger partial charge in [-0.05, 0) is 32.6 Å². The summed E-state index contributed by atoms with van der Waals surface area (Å²) in [6.45, 7) is 4.19. The second kappa shape index (κ2) is 4.40. The Morgan fingerprint density at radius 1 is 1.40 bits per heavy atom. The number of ether oxygens (including phenoxy) is 2.